The van der Waals surface area contributed by atoms with E-state index in [-0.39, 0.29) is 6.01 Å². The Balaban J connectivity index is 1.97. The maximum Gasteiger partial charge on any atom is 0.316 e. The number of hydrogen-bond donors (Lipinski definition) is 1. The Morgan fingerprint density at radius 1 is 1.12 bits per heavy atom. The number of aromatic nitrogens is 2. The number of halogens is 1. The zero-order valence-corrected chi connectivity index (χ0v) is 8.43. The lowest BCUT2D eigenvalue weighted by Crippen LogP contribution is -1.99. The second-order valence-electron chi connectivity index (χ2n) is 3.21. The number of nitrogens with two attached hydrogens (primary N) is 1. The third-order valence-electron chi connectivity index (χ3n) is 1.94. The maximum absolute atomic E-state index is 12.5. The highest BCUT2D eigenvalue weighted by Gasteiger charge is 1.99. The first kappa shape index (κ1) is 10.4. The first-order valence-corrected chi connectivity index (χ1v) is 4.69. The summed E-state index contributed by atoms with van der Waals surface area (Å²) in [4.78, 5) is 7.36. The molecule has 0 bridgehead atoms. The Hall–Kier alpha value is -2.17. The van der Waals surface area contributed by atoms with Crippen molar-refractivity contribution in [3.8, 4) is 6.01 Å². The van der Waals surface area contributed by atoms with Gasteiger partial charge in [-0.2, -0.15) is 0 Å². The Morgan fingerprint density at radius 2 is 1.75 bits per heavy atom. The Labute approximate surface area is 91.9 Å². The number of nitrogens with zero attached hydrogens (tertiary/aromatic N) is 2. The van der Waals surface area contributed by atoms with Crippen LogP contribution in [0.15, 0.2) is 36.7 Å². The molecule has 0 atom stereocenters. The fourth-order valence-corrected chi connectivity index (χ4v) is 1.14. The Morgan fingerprint density at radius 3 is 2.38 bits per heavy atom. The normalized spacial score (nSPS) is 10.1. The van der Waals surface area contributed by atoms with Crippen LogP contribution in [0.1, 0.15) is 5.56 Å². The molecule has 0 spiro atoms. The molecule has 0 saturated heterocycles. The van der Waals surface area contributed by atoms with Gasteiger partial charge in [0.2, 0.25) is 0 Å². The van der Waals surface area contributed by atoms with E-state index in [0.717, 1.165) is 18.0 Å². The first-order valence-electron chi connectivity index (χ1n) is 4.69. The van der Waals surface area contributed by atoms with Crippen molar-refractivity contribution in [1.29, 1.82) is 0 Å². The second kappa shape index (κ2) is 4.57. The highest BCUT2D eigenvalue weighted by atomic mass is 19.1. The highest BCUT2D eigenvalue weighted by molar-refractivity contribution is 5.39. The first-order chi connectivity index (χ1) is 7.74. The molecular formula is C11H10FN3O. The predicted octanol–water partition coefficient (Wildman–Crippen LogP) is 1.78. The van der Waals surface area contributed by atoms with Crippen LogP contribution < -0.4 is 10.5 Å². The summed E-state index contributed by atoms with van der Waals surface area (Å²) >= 11 is 0. The molecule has 4 nitrogen and oxygen atoms in total. The zero-order chi connectivity index (χ0) is 11.4. The number of benzene rings is 1. The van der Waals surface area contributed by atoms with Crippen molar-refractivity contribution in [1.82, 2.24) is 9.97 Å². The molecule has 0 aliphatic rings. The molecule has 1 aromatic carbocycles. The van der Waals surface area contributed by atoms with Gasteiger partial charge in [-0.1, -0.05) is 12.1 Å². The van der Waals surface area contributed by atoms with Gasteiger partial charge in [0.15, 0.2) is 5.82 Å². The van der Waals surface area contributed by atoms with Gasteiger partial charge in [0.1, 0.15) is 6.61 Å². The summed E-state index contributed by atoms with van der Waals surface area (Å²) in [7, 11) is 0. The lowest BCUT2D eigenvalue weighted by atomic mass is 10.2. The average Bonchev–Trinajstić information content (AvgIpc) is 2.30. The molecule has 0 saturated carbocycles. The van der Waals surface area contributed by atoms with E-state index in [1.165, 1.54) is 0 Å². The number of hydrogen-bond acceptors (Lipinski definition) is 4. The Kier molecular flexibility index (Phi) is 2.95. The zero-order valence-electron chi connectivity index (χ0n) is 8.43. The van der Waals surface area contributed by atoms with Gasteiger partial charge in [0.05, 0.1) is 12.4 Å². The van der Waals surface area contributed by atoms with Crippen LogP contribution in [0.25, 0.3) is 0 Å². The lowest BCUT2D eigenvalue weighted by molar-refractivity contribution is 0.279. The highest BCUT2D eigenvalue weighted by Crippen LogP contribution is 2.08. The summed E-state index contributed by atoms with van der Waals surface area (Å²) in [6, 6.07) is 7.41. The van der Waals surface area contributed by atoms with E-state index < -0.39 is 5.82 Å². The van der Waals surface area contributed by atoms with Gasteiger partial charge in [-0.05, 0) is 17.7 Å². The average molecular weight is 219 g/mol. The van der Waals surface area contributed by atoms with Gasteiger partial charge < -0.3 is 10.5 Å². The van der Waals surface area contributed by atoms with Crippen molar-refractivity contribution in [2.24, 2.45) is 0 Å². The predicted molar refractivity (Wildman–Crippen MR) is 57.2 cm³/mol. The minimum absolute atomic E-state index is 0.151. The van der Waals surface area contributed by atoms with Gasteiger partial charge in [-0.3, -0.25) is 0 Å². The lowest BCUT2D eigenvalue weighted by Gasteiger charge is -2.03. The van der Waals surface area contributed by atoms with E-state index in [9.17, 15) is 4.39 Å². The van der Waals surface area contributed by atoms with Crippen LogP contribution in [0.4, 0.5) is 10.1 Å². The van der Waals surface area contributed by atoms with Crippen molar-refractivity contribution in [3.05, 3.63) is 48.0 Å². The van der Waals surface area contributed by atoms with Crippen LogP contribution in [0.3, 0.4) is 0 Å². The summed E-state index contributed by atoms with van der Waals surface area (Å²) in [6.07, 6.45) is 2.12. The van der Waals surface area contributed by atoms with Crippen molar-refractivity contribution < 1.29 is 9.13 Å². The van der Waals surface area contributed by atoms with E-state index in [4.69, 9.17) is 10.5 Å². The smallest absolute Gasteiger partial charge is 0.316 e. The quantitative estimate of drug-likeness (QED) is 0.799. The number of rotatable bonds is 3. The standard InChI is InChI=1S/C11H10FN3O/c12-9-5-14-11(15-6-9)16-7-8-1-3-10(13)4-2-8/h1-6H,7,13H2. The van der Waals surface area contributed by atoms with Crippen molar-refractivity contribution >= 4 is 5.69 Å². The summed E-state index contributed by atoms with van der Waals surface area (Å²) in [5, 5.41) is 0. The molecule has 0 fully saturated rings. The molecule has 1 heterocycles. The van der Waals surface area contributed by atoms with Gasteiger partial charge in [-0.15, -0.1) is 0 Å². The molecule has 2 aromatic rings. The van der Waals surface area contributed by atoms with Gasteiger partial charge in [0, 0.05) is 5.69 Å². The second-order valence-corrected chi connectivity index (χ2v) is 3.21. The molecule has 0 aliphatic carbocycles. The topological polar surface area (TPSA) is 61.0 Å². The molecule has 82 valence electrons. The fourth-order valence-electron chi connectivity index (χ4n) is 1.14. The van der Waals surface area contributed by atoms with Crippen molar-refractivity contribution in [2.75, 3.05) is 5.73 Å². The Bertz CT molecular complexity index is 410. The number of ether oxygens (including phenoxy) is 1. The van der Waals surface area contributed by atoms with Gasteiger partial charge in [-0.25, -0.2) is 14.4 Å². The number of nitrogen functional groups attached to an aromatic ring is 1. The van der Waals surface area contributed by atoms with Crippen LogP contribution in [0.2, 0.25) is 0 Å². The van der Waals surface area contributed by atoms with E-state index in [0.29, 0.717) is 12.3 Å². The van der Waals surface area contributed by atoms with Crippen LogP contribution >= 0.6 is 0 Å². The summed E-state index contributed by atoms with van der Waals surface area (Å²) in [5.41, 5.74) is 7.19. The third kappa shape index (κ3) is 2.66. The van der Waals surface area contributed by atoms with Crippen molar-refractivity contribution in [3.63, 3.8) is 0 Å². The van der Waals surface area contributed by atoms with E-state index >= 15 is 0 Å². The molecule has 0 unspecified atom stereocenters. The van der Waals surface area contributed by atoms with Gasteiger partial charge in [0.25, 0.3) is 0 Å². The van der Waals surface area contributed by atoms with E-state index in [1.807, 2.05) is 12.1 Å². The largest absolute Gasteiger partial charge is 0.459 e. The fraction of sp³-hybridized carbons (Fsp3) is 0.0909. The minimum Gasteiger partial charge on any atom is -0.459 e. The van der Waals surface area contributed by atoms with E-state index in [1.54, 1.807) is 12.1 Å². The molecule has 0 aliphatic heterocycles. The molecule has 2 N–H and O–H groups in total. The summed E-state index contributed by atoms with van der Waals surface area (Å²) < 4.78 is 17.8. The maximum atomic E-state index is 12.5. The third-order valence-corrected chi connectivity index (χ3v) is 1.94. The van der Waals surface area contributed by atoms with Gasteiger partial charge >= 0.3 is 6.01 Å². The molecule has 5 heteroatoms. The summed E-state index contributed by atoms with van der Waals surface area (Å²) in [6.45, 7) is 0.325. The SMILES string of the molecule is Nc1ccc(COc2ncc(F)cn2)cc1. The van der Waals surface area contributed by atoms with Crippen LogP contribution in [0.5, 0.6) is 6.01 Å². The van der Waals surface area contributed by atoms with Crippen LogP contribution in [-0.4, -0.2) is 9.97 Å². The molecular weight excluding hydrogens is 209 g/mol. The van der Waals surface area contributed by atoms with E-state index in [2.05, 4.69) is 9.97 Å². The monoisotopic (exact) mass is 219 g/mol. The molecule has 2 rings (SSSR count). The van der Waals surface area contributed by atoms with Crippen molar-refractivity contribution in [2.45, 2.75) is 6.61 Å². The van der Waals surface area contributed by atoms with Crippen LogP contribution in [0, 0.1) is 5.82 Å². The molecule has 0 radical (unpaired) electrons. The van der Waals surface area contributed by atoms with Crippen LogP contribution in [-0.2, 0) is 6.61 Å². The molecule has 0 amide bonds. The minimum atomic E-state index is -0.486. The number of anilines is 1. The molecule has 16 heavy (non-hydrogen) atoms. The molecule has 1 aromatic heterocycles. The summed E-state index contributed by atoms with van der Waals surface area (Å²) in [5.74, 6) is -0.486.